The van der Waals surface area contributed by atoms with Gasteiger partial charge in [0.15, 0.2) is 0 Å². The summed E-state index contributed by atoms with van der Waals surface area (Å²) in [4.78, 5) is 4.53. The number of hydrogen-bond acceptors (Lipinski definition) is 5. The largest absolute Gasteiger partial charge is 0.339 e. The Hall–Kier alpha value is -1.20. The molecule has 5 heteroatoms. The van der Waals surface area contributed by atoms with E-state index in [1.54, 1.807) is 11.3 Å². The summed E-state index contributed by atoms with van der Waals surface area (Å²) >= 11 is 1.67. The Kier molecular flexibility index (Phi) is 2.72. The van der Waals surface area contributed by atoms with Crippen molar-refractivity contribution < 1.29 is 4.52 Å². The topological polar surface area (TPSA) is 51.0 Å². The Morgan fingerprint density at radius 2 is 2.35 bits per heavy atom. The predicted molar refractivity (Wildman–Crippen MR) is 67.2 cm³/mol. The van der Waals surface area contributed by atoms with E-state index in [2.05, 4.69) is 40.1 Å². The maximum Gasteiger partial charge on any atom is 0.231 e. The standard InChI is InChI=1S/C12H15N3OS/c1-7-5-17-6-10(7)11-14-12(16-15-11)9-3-4-13-8(9)2/h5-6,8-9,13H,3-4H2,1-2H3. The first-order valence-corrected chi connectivity index (χ1v) is 6.80. The van der Waals surface area contributed by atoms with Crippen LogP contribution < -0.4 is 5.32 Å². The first kappa shape index (κ1) is 10.9. The first-order valence-electron chi connectivity index (χ1n) is 5.86. The minimum absolute atomic E-state index is 0.357. The van der Waals surface area contributed by atoms with Crippen molar-refractivity contribution in [2.24, 2.45) is 0 Å². The predicted octanol–water partition coefficient (Wildman–Crippen LogP) is 2.57. The summed E-state index contributed by atoms with van der Waals surface area (Å²) in [6, 6.07) is 0.423. The van der Waals surface area contributed by atoms with E-state index in [1.165, 1.54) is 5.56 Å². The van der Waals surface area contributed by atoms with Gasteiger partial charge in [-0.15, -0.1) is 0 Å². The van der Waals surface area contributed by atoms with Crippen LogP contribution in [0.5, 0.6) is 0 Å². The van der Waals surface area contributed by atoms with Gasteiger partial charge in [0.1, 0.15) is 0 Å². The summed E-state index contributed by atoms with van der Waals surface area (Å²) < 4.78 is 5.40. The highest BCUT2D eigenvalue weighted by Crippen LogP contribution is 2.29. The second-order valence-corrected chi connectivity index (χ2v) is 5.31. The highest BCUT2D eigenvalue weighted by Gasteiger charge is 2.29. The highest BCUT2D eigenvalue weighted by atomic mass is 32.1. The average Bonchev–Trinajstić information content (AvgIpc) is 2.97. The number of thiophene rings is 1. The lowest BCUT2D eigenvalue weighted by Crippen LogP contribution is -2.21. The molecule has 1 aliphatic rings. The SMILES string of the molecule is Cc1cscc1-c1noc(C2CCNC2C)n1. The average molecular weight is 249 g/mol. The Bertz CT molecular complexity index is 519. The summed E-state index contributed by atoms with van der Waals surface area (Å²) in [5, 5.41) is 11.7. The Morgan fingerprint density at radius 1 is 1.47 bits per heavy atom. The van der Waals surface area contributed by atoms with Gasteiger partial charge in [0.2, 0.25) is 11.7 Å². The monoisotopic (exact) mass is 249 g/mol. The molecule has 2 unspecified atom stereocenters. The van der Waals surface area contributed by atoms with Crippen LogP contribution in [0.15, 0.2) is 15.3 Å². The zero-order valence-electron chi connectivity index (χ0n) is 9.93. The van der Waals surface area contributed by atoms with Gasteiger partial charge in [0, 0.05) is 17.0 Å². The van der Waals surface area contributed by atoms with Crippen LogP contribution in [0, 0.1) is 6.92 Å². The molecular formula is C12H15N3OS. The van der Waals surface area contributed by atoms with Crippen LogP contribution >= 0.6 is 11.3 Å². The molecule has 90 valence electrons. The molecule has 17 heavy (non-hydrogen) atoms. The second kappa shape index (κ2) is 4.23. The van der Waals surface area contributed by atoms with E-state index in [0.29, 0.717) is 12.0 Å². The van der Waals surface area contributed by atoms with E-state index in [1.807, 2.05) is 0 Å². The van der Waals surface area contributed by atoms with Crippen LogP contribution in [0.1, 0.15) is 30.7 Å². The van der Waals surface area contributed by atoms with Crippen LogP contribution in [0.3, 0.4) is 0 Å². The van der Waals surface area contributed by atoms with E-state index >= 15 is 0 Å². The maximum atomic E-state index is 5.40. The number of nitrogens with zero attached hydrogens (tertiary/aromatic N) is 2. The van der Waals surface area contributed by atoms with Crippen LogP contribution in [0.25, 0.3) is 11.4 Å². The summed E-state index contributed by atoms with van der Waals surface area (Å²) in [5.74, 6) is 1.84. The number of aromatic nitrogens is 2. The van der Waals surface area contributed by atoms with Gasteiger partial charge < -0.3 is 9.84 Å². The van der Waals surface area contributed by atoms with Gasteiger partial charge in [-0.1, -0.05) is 5.16 Å². The summed E-state index contributed by atoms with van der Waals surface area (Å²) in [5.41, 5.74) is 2.29. The van der Waals surface area contributed by atoms with Crippen molar-refractivity contribution in [2.75, 3.05) is 6.54 Å². The lowest BCUT2D eigenvalue weighted by molar-refractivity contribution is 0.345. The van der Waals surface area contributed by atoms with Crippen molar-refractivity contribution in [3.8, 4) is 11.4 Å². The van der Waals surface area contributed by atoms with E-state index < -0.39 is 0 Å². The molecule has 3 rings (SSSR count). The number of aryl methyl sites for hydroxylation is 1. The molecule has 3 heterocycles. The molecule has 0 aromatic carbocycles. The van der Waals surface area contributed by atoms with E-state index in [4.69, 9.17) is 4.52 Å². The van der Waals surface area contributed by atoms with Crippen molar-refractivity contribution in [3.63, 3.8) is 0 Å². The lowest BCUT2D eigenvalue weighted by atomic mass is 10.0. The lowest BCUT2D eigenvalue weighted by Gasteiger charge is -2.08. The molecule has 0 aliphatic carbocycles. The van der Waals surface area contributed by atoms with Crippen molar-refractivity contribution in [1.29, 1.82) is 0 Å². The fraction of sp³-hybridized carbons (Fsp3) is 0.500. The molecule has 1 fully saturated rings. The van der Waals surface area contributed by atoms with Gasteiger partial charge in [0.25, 0.3) is 0 Å². The Labute approximate surface area is 104 Å². The van der Waals surface area contributed by atoms with Crippen molar-refractivity contribution >= 4 is 11.3 Å². The van der Waals surface area contributed by atoms with Gasteiger partial charge in [-0.3, -0.25) is 0 Å². The molecular weight excluding hydrogens is 234 g/mol. The highest BCUT2D eigenvalue weighted by molar-refractivity contribution is 7.08. The Balaban J connectivity index is 1.90. The van der Waals surface area contributed by atoms with Gasteiger partial charge in [-0.05, 0) is 37.8 Å². The van der Waals surface area contributed by atoms with Crippen LogP contribution in [-0.4, -0.2) is 22.7 Å². The van der Waals surface area contributed by atoms with E-state index in [-0.39, 0.29) is 0 Å². The smallest absolute Gasteiger partial charge is 0.231 e. The molecule has 0 amide bonds. The zero-order chi connectivity index (χ0) is 11.8. The molecule has 2 aromatic heterocycles. The fourth-order valence-corrected chi connectivity index (χ4v) is 3.11. The van der Waals surface area contributed by atoms with Gasteiger partial charge in [-0.25, -0.2) is 0 Å². The minimum Gasteiger partial charge on any atom is -0.339 e. The molecule has 0 bridgehead atoms. The summed E-state index contributed by atoms with van der Waals surface area (Å²) in [6.45, 7) is 5.26. The van der Waals surface area contributed by atoms with Crippen molar-refractivity contribution in [2.45, 2.75) is 32.2 Å². The molecule has 2 aromatic rings. The second-order valence-electron chi connectivity index (χ2n) is 4.56. The number of rotatable bonds is 2. The van der Waals surface area contributed by atoms with Gasteiger partial charge in [0.05, 0.1) is 5.92 Å². The molecule has 0 spiro atoms. The number of nitrogens with one attached hydrogen (secondary N) is 1. The normalized spacial score (nSPS) is 24.4. The molecule has 1 aliphatic heterocycles. The van der Waals surface area contributed by atoms with Crippen LogP contribution in [-0.2, 0) is 0 Å². The molecule has 1 N–H and O–H groups in total. The van der Waals surface area contributed by atoms with Gasteiger partial charge in [-0.2, -0.15) is 16.3 Å². The van der Waals surface area contributed by atoms with E-state index in [9.17, 15) is 0 Å². The molecule has 0 radical (unpaired) electrons. The summed E-state index contributed by atoms with van der Waals surface area (Å²) in [7, 11) is 0. The fourth-order valence-electron chi connectivity index (χ4n) is 2.28. The van der Waals surface area contributed by atoms with Crippen LogP contribution in [0.4, 0.5) is 0 Å². The van der Waals surface area contributed by atoms with Crippen molar-refractivity contribution in [1.82, 2.24) is 15.5 Å². The third-order valence-electron chi connectivity index (χ3n) is 3.38. The first-order chi connectivity index (χ1) is 8.25. The molecule has 1 saturated heterocycles. The van der Waals surface area contributed by atoms with Crippen molar-refractivity contribution in [3.05, 3.63) is 22.2 Å². The zero-order valence-corrected chi connectivity index (χ0v) is 10.8. The van der Waals surface area contributed by atoms with Crippen LogP contribution in [0.2, 0.25) is 0 Å². The summed E-state index contributed by atoms with van der Waals surface area (Å²) in [6.07, 6.45) is 1.07. The molecule has 2 atom stereocenters. The quantitative estimate of drug-likeness (QED) is 0.888. The Morgan fingerprint density at radius 3 is 3.00 bits per heavy atom. The molecule has 4 nitrogen and oxygen atoms in total. The molecule has 0 saturated carbocycles. The maximum absolute atomic E-state index is 5.40. The third kappa shape index (κ3) is 1.89. The van der Waals surface area contributed by atoms with E-state index in [0.717, 1.165) is 30.2 Å². The number of hydrogen-bond donors (Lipinski definition) is 1. The minimum atomic E-state index is 0.357. The third-order valence-corrected chi connectivity index (χ3v) is 4.24. The van der Waals surface area contributed by atoms with Gasteiger partial charge >= 0.3 is 0 Å².